The lowest BCUT2D eigenvalue weighted by Crippen LogP contribution is -2.44. The second-order valence-corrected chi connectivity index (χ2v) is 9.79. The van der Waals surface area contributed by atoms with Crippen LogP contribution in [0.4, 0.5) is 5.69 Å². The van der Waals surface area contributed by atoms with Crippen molar-refractivity contribution in [2.75, 3.05) is 12.4 Å². The topological polar surface area (TPSA) is 99.0 Å². The summed E-state index contributed by atoms with van der Waals surface area (Å²) >= 11 is 1.45. The number of esters is 1. The van der Waals surface area contributed by atoms with Crippen LogP contribution in [0.1, 0.15) is 46.6 Å². The number of hydrogen-bond acceptors (Lipinski definition) is 7. The van der Waals surface area contributed by atoms with Crippen LogP contribution < -0.4 is 4.74 Å². The van der Waals surface area contributed by atoms with E-state index in [1.165, 1.54) is 22.7 Å². The van der Waals surface area contributed by atoms with Gasteiger partial charge in [0.15, 0.2) is 0 Å². The molecule has 3 aromatic rings. The molecule has 1 heterocycles. The van der Waals surface area contributed by atoms with Crippen molar-refractivity contribution in [3.8, 4) is 11.5 Å². The second-order valence-electron chi connectivity index (χ2n) is 8.68. The van der Waals surface area contributed by atoms with Crippen LogP contribution in [0.2, 0.25) is 0 Å². The van der Waals surface area contributed by atoms with E-state index in [-0.39, 0.29) is 17.9 Å². The molecule has 0 spiro atoms. The molecule has 192 valence electrons. The summed E-state index contributed by atoms with van der Waals surface area (Å²) in [6.45, 7) is 3.90. The number of aryl methyl sites for hydroxylation is 1. The monoisotopic (exact) mass is 520 g/mol. The van der Waals surface area contributed by atoms with Gasteiger partial charge < -0.3 is 14.4 Å². The maximum Gasteiger partial charge on any atom is 0.329 e. The van der Waals surface area contributed by atoms with E-state index in [4.69, 9.17) is 9.47 Å². The zero-order chi connectivity index (χ0) is 26.4. The first-order chi connectivity index (χ1) is 17.9. The summed E-state index contributed by atoms with van der Waals surface area (Å²) in [6, 6.07) is 20.3. The molecule has 37 heavy (non-hydrogen) atoms. The first kappa shape index (κ1) is 26.2. The van der Waals surface area contributed by atoms with Crippen molar-refractivity contribution >= 4 is 29.3 Å². The van der Waals surface area contributed by atoms with Crippen molar-refractivity contribution in [2.45, 2.75) is 38.1 Å². The number of para-hydroxylation sites is 1. The summed E-state index contributed by atoms with van der Waals surface area (Å²) in [7, 11) is 0. The number of nitrogens with zero attached hydrogens (tertiary/aromatic N) is 2. The van der Waals surface area contributed by atoms with E-state index >= 15 is 0 Å². The Morgan fingerprint density at radius 1 is 1.05 bits per heavy atom. The van der Waals surface area contributed by atoms with Gasteiger partial charge in [0.05, 0.1) is 11.5 Å². The maximum absolute atomic E-state index is 13.8. The Morgan fingerprint density at radius 2 is 1.81 bits per heavy atom. The van der Waals surface area contributed by atoms with E-state index in [2.05, 4.69) is 0 Å². The molecule has 0 aliphatic carbocycles. The highest BCUT2D eigenvalue weighted by atomic mass is 32.2. The minimum Gasteiger partial charge on any atom is -0.464 e. The van der Waals surface area contributed by atoms with Gasteiger partial charge in [-0.2, -0.15) is 0 Å². The summed E-state index contributed by atoms with van der Waals surface area (Å²) in [6.07, 6.45) is 1.60. The SMILES string of the molecule is CCCCOC(=O)C1CSC(c2cccc(Oc3ccccc3)c2)N1C(=O)c1ccc(C)c([N+](=O)[O-])c1. The highest BCUT2D eigenvalue weighted by Gasteiger charge is 2.44. The largest absolute Gasteiger partial charge is 0.464 e. The molecule has 8 nitrogen and oxygen atoms in total. The van der Waals surface area contributed by atoms with Crippen molar-refractivity contribution in [1.29, 1.82) is 0 Å². The quantitative estimate of drug-likeness (QED) is 0.141. The molecule has 1 amide bonds. The second kappa shape index (κ2) is 11.9. The van der Waals surface area contributed by atoms with E-state index < -0.39 is 28.2 Å². The fourth-order valence-electron chi connectivity index (χ4n) is 4.05. The molecule has 0 N–H and O–H groups in total. The summed E-state index contributed by atoms with van der Waals surface area (Å²) in [5.74, 6) is 0.673. The van der Waals surface area contributed by atoms with Crippen LogP contribution in [0, 0.1) is 17.0 Å². The Hall–Kier alpha value is -3.85. The number of unbranched alkanes of at least 4 members (excludes halogenated alkanes) is 1. The molecule has 0 bridgehead atoms. The maximum atomic E-state index is 13.8. The van der Waals surface area contributed by atoms with Gasteiger partial charge >= 0.3 is 5.97 Å². The van der Waals surface area contributed by atoms with E-state index in [0.29, 0.717) is 22.8 Å². The van der Waals surface area contributed by atoms with Crippen molar-refractivity contribution in [3.63, 3.8) is 0 Å². The standard InChI is InChI=1S/C28H28N2O6S/c1-3-4-15-35-28(32)25-18-37-27(21-9-8-12-23(16-21)36-22-10-6-5-7-11-22)29(25)26(31)20-14-13-19(2)24(17-20)30(33)34/h5-14,16-17,25,27H,3-4,15,18H2,1-2H3. The smallest absolute Gasteiger partial charge is 0.329 e. The number of nitro benzene ring substituents is 1. The van der Waals surface area contributed by atoms with Crippen LogP contribution >= 0.6 is 11.8 Å². The van der Waals surface area contributed by atoms with Crippen molar-refractivity contribution in [2.24, 2.45) is 0 Å². The number of nitro groups is 1. The molecule has 2 unspecified atom stereocenters. The molecule has 0 saturated carbocycles. The highest BCUT2D eigenvalue weighted by Crippen LogP contribution is 2.44. The summed E-state index contributed by atoms with van der Waals surface area (Å²) in [5.41, 5.74) is 1.23. The molecule has 9 heteroatoms. The molecular formula is C28H28N2O6S. The van der Waals surface area contributed by atoms with Gasteiger partial charge in [-0.1, -0.05) is 49.7 Å². The van der Waals surface area contributed by atoms with Gasteiger partial charge in [0.1, 0.15) is 22.9 Å². The number of rotatable bonds is 9. The summed E-state index contributed by atoms with van der Waals surface area (Å²) in [5, 5.41) is 11.0. The third kappa shape index (κ3) is 6.11. The van der Waals surface area contributed by atoms with E-state index in [1.54, 1.807) is 19.1 Å². The number of benzene rings is 3. The molecule has 1 saturated heterocycles. The third-order valence-corrected chi connectivity index (χ3v) is 7.35. The van der Waals surface area contributed by atoms with E-state index in [0.717, 1.165) is 18.4 Å². The zero-order valence-corrected chi connectivity index (χ0v) is 21.5. The minimum atomic E-state index is -0.821. The van der Waals surface area contributed by atoms with E-state index in [9.17, 15) is 19.7 Å². The molecule has 1 aliphatic heterocycles. The van der Waals surface area contributed by atoms with Crippen LogP contribution in [-0.2, 0) is 9.53 Å². The van der Waals surface area contributed by atoms with Crippen LogP contribution in [0.5, 0.6) is 11.5 Å². The summed E-state index contributed by atoms with van der Waals surface area (Å²) < 4.78 is 11.4. The molecule has 0 aromatic heterocycles. The number of amides is 1. The van der Waals surface area contributed by atoms with Crippen molar-refractivity contribution in [3.05, 3.63) is 99.6 Å². The average molecular weight is 521 g/mol. The number of hydrogen-bond donors (Lipinski definition) is 0. The predicted molar refractivity (Wildman–Crippen MR) is 142 cm³/mol. The third-order valence-electron chi connectivity index (χ3n) is 6.02. The lowest BCUT2D eigenvalue weighted by atomic mass is 10.1. The number of thioether (sulfide) groups is 1. The van der Waals surface area contributed by atoms with Gasteiger partial charge in [0.2, 0.25) is 0 Å². The van der Waals surface area contributed by atoms with Crippen LogP contribution in [0.3, 0.4) is 0 Å². The zero-order valence-electron chi connectivity index (χ0n) is 20.7. The average Bonchev–Trinajstić information content (AvgIpc) is 3.35. The Balaban J connectivity index is 1.67. The lowest BCUT2D eigenvalue weighted by Gasteiger charge is -2.29. The fourth-order valence-corrected chi connectivity index (χ4v) is 5.45. The van der Waals surface area contributed by atoms with Crippen molar-refractivity contribution in [1.82, 2.24) is 4.90 Å². The van der Waals surface area contributed by atoms with Gasteiger partial charge in [0, 0.05) is 22.9 Å². The van der Waals surface area contributed by atoms with Gasteiger partial charge in [-0.25, -0.2) is 4.79 Å². The Bertz CT molecular complexity index is 1280. The van der Waals surface area contributed by atoms with Crippen LogP contribution in [0.15, 0.2) is 72.8 Å². The molecule has 0 radical (unpaired) electrons. The van der Waals surface area contributed by atoms with E-state index in [1.807, 2.05) is 61.5 Å². The molecule has 2 atom stereocenters. The Labute approximate surface area is 219 Å². The minimum absolute atomic E-state index is 0.144. The van der Waals surface area contributed by atoms with Gasteiger partial charge in [-0.05, 0) is 49.2 Å². The molecular weight excluding hydrogens is 492 g/mol. The van der Waals surface area contributed by atoms with Gasteiger partial charge in [0.25, 0.3) is 11.6 Å². The van der Waals surface area contributed by atoms with Gasteiger partial charge in [-0.3, -0.25) is 14.9 Å². The van der Waals surface area contributed by atoms with Crippen LogP contribution in [0.25, 0.3) is 0 Å². The number of carbonyl (C=O) groups is 2. The fraction of sp³-hybridized carbons (Fsp3) is 0.286. The number of carbonyl (C=O) groups excluding carboxylic acids is 2. The Kier molecular flexibility index (Phi) is 8.45. The molecule has 3 aromatic carbocycles. The first-order valence-electron chi connectivity index (χ1n) is 12.1. The molecule has 1 fully saturated rings. The Morgan fingerprint density at radius 3 is 2.54 bits per heavy atom. The molecule has 1 aliphatic rings. The number of ether oxygens (including phenoxy) is 2. The lowest BCUT2D eigenvalue weighted by molar-refractivity contribution is -0.385. The van der Waals surface area contributed by atoms with Crippen molar-refractivity contribution < 1.29 is 24.0 Å². The van der Waals surface area contributed by atoms with Crippen LogP contribution in [-0.4, -0.2) is 40.1 Å². The first-order valence-corrected chi connectivity index (χ1v) is 13.1. The van der Waals surface area contributed by atoms with Gasteiger partial charge in [-0.15, -0.1) is 11.8 Å². The highest BCUT2D eigenvalue weighted by molar-refractivity contribution is 7.99. The molecule has 4 rings (SSSR count). The predicted octanol–water partition coefficient (Wildman–Crippen LogP) is 6.30. The normalized spacial score (nSPS) is 16.9. The summed E-state index contributed by atoms with van der Waals surface area (Å²) in [4.78, 5) is 39.3.